The molecule has 0 aliphatic rings. The Morgan fingerprint density at radius 3 is 1.39 bits per heavy atom. The zero-order valence-electron chi connectivity index (χ0n) is 21.8. The van der Waals surface area contributed by atoms with Crippen LogP contribution in [0.2, 0.25) is 0 Å². The van der Waals surface area contributed by atoms with E-state index in [1.807, 2.05) is 0 Å². The molecule has 0 radical (unpaired) electrons. The lowest BCUT2D eigenvalue weighted by Crippen LogP contribution is -2.35. The van der Waals surface area contributed by atoms with E-state index in [9.17, 15) is 0 Å². The minimum atomic E-state index is 1.19. The van der Waals surface area contributed by atoms with Gasteiger partial charge in [-0.1, -0.05) is 123 Å². The second-order valence-corrected chi connectivity index (χ2v) is 9.95. The topological polar surface area (TPSA) is 8.81 Å². The summed E-state index contributed by atoms with van der Waals surface area (Å²) in [6, 6.07) is 0. The first kappa shape index (κ1) is 28.2. The fourth-order valence-electron chi connectivity index (χ4n) is 4.73. The van der Waals surface area contributed by atoms with Crippen LogP contribution in [0, 0.1) is 6.92 Å². The van der Waals surface area contributed by atoms with E-state index >= 15 is 0 Å². The van der Waals surface area contributed by atoms with Gasteiger partial charge in [-0.2, -0.15) is 0 Å². The van der Waals surface area contributed by atoms with E-state index in [4.69, 9.17) is 0 Å². The highest BCUT2D eigenvalue weighted by molar-refractivity contribution is 4.79. The van der Waals surface area contributed by atoms with Gasteiger partial charge in [0.1, 0.15) is 12.4 Å². The predicted octanol–water partition coefficient (Wildman–Crippen LogP) is 9.32. The molecule has 2 heteroatoms. The van der Waals surface area contributed by atoms with Crippen molar-refractivity contribution in [3.63, 3.8) is 0 Å². The highest BCUT2D eigenvalue weighted by Crippen LogP contribution is 2.14. The Bertz CT molecular complexity index is 491. The molecule has 0 aliphatic heterocycles. The molecular weight excluding hydrogens is 376 g/mol. The summed E-state index contributed by atoms with van der Waals surface area (Å²) in [5, 5.41) is 0. The number of nitrogens with zero attached hydrogens (tertiary/aromatic N) is 2. The van der Waals surface area contributed by atoms with Gasteiger partial charge in [0.05, 0.1) is 13.1 Å². The first-order chi connectivity index (χ1) is 15.3. The maximum atomic E-state index is 2.46. The molecular formula is C29H57N2+. The van der Waals surface area contributed by atoms with Gasteiger partial charge >= 0.3 is 0 Å². The van der Waals surface area contributed by atoms with Gasteiger partial charge in [0.25, 0.3) is 5.82 Å². The van der Waals surface area contributed by atoms with Gasteiger partial charge in [0.2, 0.25) is 0 Å². The average Bonchev–Trinajstić information content (AvgIpc) is 3.13. The van der Waals surface area contributed by atoms with Crippen LogP contribution in [0.25, 0.3) is 0 Å². The largest absolute Gasteiger partial charge is 0.253 e. The Kier molecular flexibility index (Phi) is 19.2. The SMILES string of the molecule is CCCCCCCCCCCCCCCCCCCn1cc[n+](CCCCCC)c1C. The number of aromatic nitrogens is 2. The summed E-state index contributed by atoms with van der Waals surface area (Å²) in [6.45, 7) is 9.27. The van der Waals surface area contributed by atoms with Crippen molar-refractivity contribution in [2.75, 3.05) is 0 Å². The van der Waals surface area contributed by atoms with Crippen molar-refractivity contribution in [2.24, 2.45) is 0 Å². The summed E-state index contributed by atoms with van der Waals surface area (Å²) in [5.74, 6) is 1.44. The Labute approximate surface area is 196 Å². The summed E-state index contributed by atoms with van der Waals surface area (Å²) in [7, 11) is 0. The van der Waals surface area contributed by atoms with Crippen LogP contribution in [0.3, 0.4) is 0 Å². The van der Waals surface area contributed by atoms with Crippen LogP contribution in [0.15, 0.2) is 12.4 Å². The number of rotatable bonds is 23. The number of imidazole rings is 1. The first-order valence-electron chi connectivity index (χ1n) is 14.3. The lowest BCUT2D eigenvalue weighted by atomic mass is 10.0. The quantitative estimate of drug-likeness (QED) is 0.120. The Balaban J connectivity index is 1.85. The van der Waals surface area contributed by atoms with E-state index in [1.165, 1.54) is 154 Å². The normalized spacial score (nSPS) is 11.5. The van der Waals surface area contributed by atoms with E-state index in [2.05, 4.69) is 42.3 Å². The van der Waals surface area contributed by atoms with Gasteiger partial charge in [0, 0.05) is 6.92 Å². The van der Waals surface area contributed by atoms with Crippen molar-refractivity contribution in [2.45, 2.75) is 169 Å². The van der Waals surface area contributed by atoms with E-state index < -0.39 is 0 Å². The molecule has 0 amide bonds. The third kappa shape index (κ3) is 15.6. The molecule has 1 heterocycles. The standard InChI is InChI=1S/C29H57N2/c1-4-6-8-10-11-12-13-14-15-16-17-18-19-20-21-22-24-26-31-28-27-30(29(31)3)25-23-9-7-5-2/h27-28H,4-26H2,1-3H3/q+1. The molecule has 0 saturated heterocycles. The van der Waals surface area contributed by atoms with E-state index in [1.54, 1.807) is 0 Å². The molecule has 0 aromatic carbocycles. The molecule has 0 N–H and O–H groups in total. The number of hydrogen-bond donors (Lipinski definition) is 0. The van der Waals surface area contributed by atoms with Gasteiger partial charge in [0.15, 0.2) is 0 Å². The monoisotopic (exact) mass is 433 g/mol. The fourth-order valence-corrected chi connectivity index (χ4v) is 4.73. The molecule has 1 aromatic rings. The third-order valence-electron chi connectivity index (χ3n) is 7.01. The predicted molar refractivity (Wildman–Crippen MR) is 138 cm³/mol. The van der Waals surface area contributed by atoms with Crippen LogP contribution >= 0.6 is 0 Å². The van der Waals surface area contributed by atoms with Crippen LogP contribution in [0.4, 0.5) is 0 Å². The summed E-state index contributed by atoms with van der Waals surface area (Å²) in [5.41, 5.74) is 0. The first-order valence-corrected chi connectivity index (χ1v) is 14.3. The van der Waals surface area contributed by atoms with Gasteiger partial charge in [-0.3, -0.25) is 0 Å². The van der Waals surface area contributed by atoms with Crippen molar-refractivity contribution >= 4 is 0 Å². The van der Waals surface area contributed by atoms with Crippen molar-refractivity contribution in [1.29, 1.82) is 0 Å². The molecule has 1 rings (SSSR count). The second kappa shape index (κ2) is 21.1. The van der Waals surface area contributed by atoms with Gasteiger partial charge in [-0.15, -0.1) is 0 Å². The van der Waals surface area contributed by atoms with Gasteiger partial charge in [-0.05, 0) is 25.7 Å². The van der Waals surface area contributed by atoms with Crippen molar-refractivity contribution in [1.82, 2.24) is 4.57 Å². The van der Waals surface area contributed by atoms with E-state index in [0.29, 0.717) is 0 Å². The zero-order valence-corrected chi connectivity index (χ0v) is 21.8. The molecule has 182 valence electrons. The highest BCUT2D eigenvalue weighted by Gasteiger charge is 2.11. The molecule has 0 unspecified atom stereocenters. The molecule has 0 saturated carbocycles. The van der Waals surface area contributed by atoms with Gasteiger partial charge in [-0.25, -0.2) is 9.13 Å². The number of aryl methyl sites for hydroxylation is 2. The highest BCUT2D eigenvalue weighted by atomic mass is 15.1. The van der Waals surface area contributed by atoms with E-state index in [0.717, 1.165) is 0 Å². The Morgan fingerprint density at radius 2 is 0.935 bits per heavy atom. The van der Waals surface area contributed by atoms with Crippen molar-refractivity contribution in [3.05, 3.63) is 18.2 Å². The minimum absolute atomic E-state index is 1.19. The molecule has 31 heavy (non-hydrogen) atoms. The second-order valence-electron chi connectivity index (χ2n) is 9.95. The Hall–Kier alpha value is -0.790. The molecule has 0 fully saturated rings. The van der Waals surface area contributed by atoms with Crippen LogP contribution in [-0.2, 0) is 13.1 Å². The smallest absolute Gasteiger partial charge is 0.234 e. The number of hydrogen-bond acceptors (Lipinski definition) is 0. The lowest BCUT2D eigenvalue weighted by molar-refractivity contribution is -0.702. The maximum absolute atomic E-state index is 2.46. The molecule has 1 aromatic heterocycles. The van der Waals surface area contributed by atoms with E-state index in [-0.39, 0.29) is 0 Å². The summed E-state index contributed by atoms with van der Waals surface area (Å²) in [4.78, 5) is 0. The van der Waals surface area contributed by atoms with Crippen LogP contribution in [0.5, 0.6) is 0 Å². The summed E-state index contributed by atoms with van der Waals surface area (Å²) >= 11 is 0. The minimum Gasteiger partial charge on any atom is -0.234 e. The maximum Gasteiger partial charge on any atom is 0.253 e. The molecule has 0 spiro atoms. The molecule has 2 nitrogen and oxygen atoms in total. The van der Waals surface area contributed by atoms with Crippen LogP contribution < -0.4 is 4.57 Å². The van der Waals surface area contributed by atoms with Crippen molar-refractivity contribution in [3.8, 4) is 0 Å². The average molecular weight is 434 g/mol. The summed E-state index contributed by atoms with van der Waals surface area (Å²) < 4.78 is 4.91. The number of unbranched alkanes of at least 4 members (excludes halogenated alkanes) is 19. The molecule has 0 bridgehead atoms. The Morgan fingerprint density at radius 1 is 0.548 bits per heavy atom. The van der Waals surface area contributed by atoms with Gasteiger partial charge < -0.3 is 0 Å². The third-order valence-corrected chi connectivity index (χ3v) is 7.01. The van der Waals surface area contributed by atoms with Crippen molar-refractivity contribution < 1.29 is 4.57 Å². The molecule has 0 aliphatic carbocycles. The van der Waals surface area contributed by atoms with Crippen LogP contribution in [0.1, 0.15) is 155 Å². The summed E-state index contributed by atoms with van der Waals surface area (Å²) in [6.07, 6.45) is 34.6. The zero-order chi connectivity index (χ0) is 22.4. The lowest BCUT2D eigenvalue weighted by Gasteiger charge is -2.04. The molecule has 0 atom stereocenters. The fraction of sp³-hybridized carbons (Fsp3) is 0.897. The van der Waals surface area contributed by atoms with Crippen LogP contribution in [-0.4, -0.2) is 4.57 Å².